The Balaban J connectivity index is 3.35. The van der Waals surface area contributed by atoms with Crippen LogP contribution in [0.15, 0.2) is 18.2 Å². The number of rotatable bonds is 7. The Kier molecular flexibility index (Phi) is 7.00. The molecule has 1 aromatic rings. The number of carbonyl (C=O) groups excluding carboxylic acids is 1. The first-order valence-electron chi connectivity index (χ1n) is 7.73. The number of unbranched alkanes of at least 4 members (excludes halogenated alkanes) is 1. The predicted octanol–water partition coefficient (Wildman–Crippen LogP) is 4.30. The Morgan fingerprint density at radius 3 is 2.43 bits per heavy atom. The summed E-state index contributed by atoms with van der Waals surface area (Å²) in [6.07, 6.45) is 6.25. The van der Waals surface area contributed by atoms with Crippen LogP contribution in [-0.2, 0) is 0 Å². The molecule has 1 rings (SSSR count). The number of hydrogen-bond acceptors (Lipinski definition) is 2. The van der Waals surface area contributed by atoms with E-state index in [2.05, 4.69) is 13.0 Å². The average Bonchev–Trinajstić information content (AvgIpc) is 2.49. The van der Waals surface area contributed by atoms with E-state index in [0.717, 1.165) is 24.0 Å². The zero-order valence-corrected chi connectivity index (χ0v) is 13.9. The fourth-order valence-electron chi connectivity index (χ4n) is 2.37. The molecule has 0 fully saturated rings. The highest BCUT2D eigenvalue weighted by Gasteiger charge is 2.21. The lowest BCUT2D eigenvalue weighted by Gasteiger charge is -2.22. The number of ether oxygens (including phenoxy) is 1. The van der Waals surface area contributed by atoms with Gasteiger partial charge in [-0.3, -0.25) is 4.79 Å². The van der Waals surface area contributed by atoms with Crippen LogP contribution in [-0.4, -0.2) is 31.0 Å². The zero-order chi connectivity index (χ0) is 15.8. The molecule has 0 saturated carbocycles. The van der Waals surface area contributed by atoms with Gasteiger partial charge in [0.05, 0.1) is 12.7 Å². The van der Waals surface area contributed by atoms with Gasteiger partial charge in [0.15, 0.2) is 0 Å². The van der Waals surface area contributed by atoms with Gasteiger partial charge in [-0.1, -0.05) is 37.6 Å². The summed E-state index contributed by atoms with van der Waals surface area (Å²) in [6, 6.07) is 4.00. The number of nitrogens with zero attached hydrogens (tertiary/aromatic N) is 1. The Morgan fingerprint density at radius 1 is 1.24 bits per heavy atom. The molecule has 21 heavy (non-hydrogen) atoms. The van der Waals surface area contributed by atoms with Crippen molar-refractivity contribution in [2.24, 2.45) is 0 Å². The zero-order valence-electron chi connectivity index (χ0n) is 13.9. The largest absolute Gasteiger partial charge is 0.496 e. The molecule has 0 heterocycles. The third kappa shape index (κ3) is 4.10. The summed E-state index contributed by atoms with van der Waals surface area (Å²) in [4.78, 5) is 14.6. The lowest BCUT2D eigenvalue weighted by atomic mass is 10.0. The van der Waals surface area contributed by atoms with Crippen molar-refractivity contribution in [1.82, 2.24) is 4.90 Å². The van der Waals surface area contributed by atoms with Crippen molar-refractivity contribution in [3.05, 3.63) is 34.9 Å². The first-order chi connectivity index (χ1) is 10.1. The number of carbonyl (C=O) groups is 1. The summed E-state index contributed by atoms with van der Waals surface area (Å²) >= 11 is 0. The molecule has 0 aliphatic heterocycles. The monoisotopic (exact) mass is 289 g/mol. The molecule has 0 aliphatic carbocycles. The number of amides is 1. The lowest BCUT2D eigenvalue weighted by molar-refractivity contribution is 0.0769. The molecule has 3 nitrogen and oxygen atoms in total. The van der Waals surface area contributed by atoms with Gasteiger partial charge in [0.25, 0.3) is 5.91 Å². The molecule has 0 aliphatic rings. The van der Waals surface area contributed by atoms with Crippen LogP contribution in [0.1, 0.15) is 55.1 Å². The molecule has 1 amide bonds. The molecule has 116 valence electrons. The maximum atomic E-state index is 12.8. The van der Waals surface area contributed by atoms with Crippen molar-refractivity contribution in [1.29, 1.82) is 0 Å². The molecule has 0 saturated heterocycles. The third-order valence-electron chi connectivity index (χ3n) is 3.61. The van der Waals surface area contributed by atoms with Crippen molar-refractivity contribution >= 4 is 12.0 Å². The van der Waals surface area contributed by atoms with Crippen LogP contribution in [0.3, 0.4) is 0 Å². The van der Waals surface area contributed by atoms with Crippen LogP contribution < -0.4 is 4.74 Å². The molecule has 0 radical (unpaired) electrons. The van der Waals surface area contributed by atoms with Gasteiger partial charge >= 0.3 is 0 Å². The minimum absolute atomic E-state index is 0.0386. The van der Waals surface area contributed by atoms with Crippen LogP contribution in [0.25, 0.3) is 6.08 Å². The summed E-state index contributed by atoms with van der Waals surface area (Å²) in [6.45, 7) is 9.50. The fraction of sp³-hybridized carbons (Fsp3) is 0.500. The Hall–Kier alpha value is -1.77. The van der Waals surface area contributed by atoms with E-state index < -0.39 is 0 Å². The second-order valence-electron chi connectivity index (χ2n) is 5.05. The van der Waals surface area contributed by atoms with Gasteiger partial charge in [0.2, 0.25) is 0 Å². The number of methoxy groups -OCH3 is 1. The highest BCUT2D eigenvalue weighted by molar-refractivity contribution is 6.01. The van der Waals surface area contributed by atoms with E-state index >= 15 is 0 Å². The molecule has 0 spiro atoms. The maximum Gasteiger partial charge on any atom is 0.258 e. The number of hydrogen-bond donors (Lipinski definition) is 0. The predicted molar refractivity (Wildman–Crippen MR) is 88.9 cm³/mol. The van der Waals surface area contributed by atoms with Crippen LogP contribution in [0.4, 0.5) is 0 Å². The van der Waals surface area contributed by atoms with Gasteiger partial charge in [0.1, 0.15) is 5.75 Å². The highest BCUT2D eigenvalue weighted by atomic mass is 16.5. The van der Waals surface area contributed by atoms with Gasteiger partial charge in [-0.25, -0.2) is 0 Å². The Bertz CT molecular complexity index is 502. The van der Waals surface area contributed by atoms with Gasteiger partial charge in [-0.2, -0.15) is 0 Å². The maximum absolute atomic E-state index is 12.8. The van der Waals surface area contributed by atoms with Crippen LogP contribution in [0.5, 0.6) is 5.75 Å². The van der Waals surface area contributed by atoms with Crippen molar-refractivity contribution in [3.8, 4) is 5.75 Å². The van der Waals surface area contributed by atoms with Crippen molar-refractivity contribution < 1.29 is 9.53 Å². The minimum Gasteiger partial charge on any atom is -0.496 e. The fourth-order valence-corrected chi connectivity index (χ4v) is 2.37. The molecule has 1 aromatic carbocycles. The summed E-state index contributed by atoms with van der Waals surface area (Å²) in [5.41, 5.74) is 2.59. The van der Waals surface area contributed by atoms with Gasteiger partial charge in [-0.15, -0.1) is 0 Å². The number of aryl methyl sites for hydroxylation is 1. The number of allylic oxidation sites excluding steroid dienone is 1. The van der Waals surface area contributed by atoms with Crippen molar-refractivity contribution in [3.63, 3.8) is 0 Å². The summed E-state index contributed by atoms with van der Waals surface area (Å²) < 4.78 is 5.50. The molecular formula is C18H27NO2. The van der Waals surface area contributed by atoms with Crippen LogP contribution >= 0.6 is 0 Å². The van der Waals surface area contributed by atoms with E-state index in [-0.39, 0.29) is 5.91 Å². The minimum atomic E-state index is 0.0386. The summed E-state index contributed by atoms with van der Waals surface area (Å²) in [5.74, 6) is 0.724. The smallest absolute Gasteiger partial charge is 0.258 e. The molecule has 3 heteroatoms. The first kappa shape index (κ1) is 17.3. The van der Waals surface area contributed by atoms with Crippen LogP contribution in [0.2, 0.25) is 0 Å². The normalized spacial score (nSPS) is 10.9. The quantitative estimate of drug-likeness (QED) is 0.749. The molecular weight excluding hydrogens is 262 g/mol. The van der Waals surface area contributed by atoms with E-state index in [1.54, 1.807) is 7.11 Å². The van der Waals surface area contributed by atoms with E-state index in [9.17, 15) is 4.79 Å². The molecule has 0 N–H and O–H groups in total. The van der Waals surface area contributed by atoms with Gasteiger partial charge < -0.3 is 9.64 Å². The SMILES string of the molecule is CCC/C=C\c1ccc(C)c(OC)c1C(=O)N(CC)CC. The Morgan fingerprint density at radius 2 is 1.90 bits per heavy atom. The van der Waals surface area contributed by atoms with Gasteiger partial charge in [-0.05, 0) is 38.3 Å². The van der Waals surface area contributed by atoms with E-state index in [1.165, 1.54) is 0 Å². The molecule has 0 unspecified atom stereocenters. The van der Waals surface area contributed by atoms with E-state index in [0.29, 0.717) is 24.4 Å². The molecule has 0 atom stereocenters. The lowest BCUT2D eigenvalue weighted by Crippen LogP contribution is -2.31. The van der Waals surface area contributed by atoms with Gasteiger partial charge in [0, 0.05) is 13.1 Å². The third-order valence-corrected chi connectivity index (χ3v) is 3.61. The van der Waals surface area contributed by atoms with Crippen LogP contribution in [0, 0.1) is 6.92 Å². The Labute approximate surface area is 128 Å². The number of benzene rings is 1. The van der Waals surface area contributed by atoms with E-state index in [4.69, 9.17) is 4.74 Å². The van der Waals surface area contributed by atoms with Crippen molar-refractivity contribution in [2.45, 2.75) is 40.5 Å². The van der Waals surface area contributed by atoms with E-state index in [1.807, 2.05) is 43.9 Å². The van der Waals surface area contributed by atoms with Crippen molar-refractivity contribution in [2.75, 3.05) is 20.2 Å². The first-order valence-corrected chi connectivity index (χ1v) is 7.73. The average molecular weight is 289 g/mol. The highest BCUT2D eigenvalue weighted by Crippen LogP contribution is 2.29. The topological polar surface area (TPSA) is 29.5 Å². The standard InChI is InChI=1S/C18H27NO2/c1-6-9-10-11-15-13-12-14(4)17(21-5)16(15)18(20)19(7-2)8-3/h10-13H,6-9H2,1-5H3/b11-10-. The summed E-state index contributed by atoms with van der Waals surface area (Å²) in [5, 5.41) is 0. The molecule has 0 aromatic heterocycles. The second kappa shape index (κ2) is 8.50. The molecule has 0 bridgehead atoms. The summed E-state index contributed by atoms with van der Waals surface area (Å²) in [7, 11) is 1.63. The second-order valence-corrected chi connectivity index (χ2v) is 5.05.